The summed E-state index contributed by atoms with van der Waals surface area (Å²) < 4.78 is 35.4. The summed E-state index contributed by atoms with van der Waals surface area (Å²) in [5.41, 5.74) is 2.26. The molecule has 0 spiro atoms. The minimum Gasteiger partial charge on any atom is -0.497 e. The molecule has 0 atom stereocenters. The molecular weight excluding hydrogens is 315 g/mol. The predicted molar refractivity (Wildman–Crippen MR) is 87.6 cm³/mol. The van der Waals surface area contributed by atoms with Gasteiger partial charge >= 0.3 is 7.12 Å². The molecule has 0 bridgehead atoms. The van der Waals surface area contributed by atoms with Gasteiger partial charge in [0.05, 0.1) is 17.8 Å². The lowest BCUT2D eigenvalue weighted by Crippen LogP contribution is -2.41. The van der Waals surface area contributed by atoms with Gasteiger partial charge in [-0.2, -0.15) is 0 Å². The molecule has 1 N–H and O–H groups in total. The van der Waals surface area contributed by atoms with Crippen molar-refractivity contribution in [3.05, 3.63) is 53.6 Å². The Balaban J connectivity index is 1.90. The molecule has 0 saturated carbocycles. The highest BCUT2D eigenvalue weighted by molar-refractivity contribution is 7.90. The second-order valence-corrected chi connectivity index (χ2v) is 7.43. The third-order valence-electron chi connectivity index (χ3n) is 3.88. The molecule has 0 aliphatic carbocycles. The summed E-state index contributed by atoms with van der Waals surface area (Å²) in [7, 11) is -2.98. The van der Waals surface area contributed by atoms with Crippen molar-refractivity contribution in [3.8, 4) is 5.75 Å². The molecule has 0 radical (unpaired) electrons. The predicted octanol–water partition coefficient (Wildman–Crippen LogP) is 0.929. The Labute approximate surface area is 135 Å². The molecule has 5 nitrogen and oxygen atoms in total. The second-order valence-electron chi connectivity index (χ2n) is 5.44. The van der Waals surface area contributed by atoms with E-state index in [9.17, 15) is 13.4 Å². The van der Waals surface area contributed by atoms with Crippen LogP contribution in [0, 0.1) is 0 Å². The first-order valence-electron chi connectivity index (χ1n) is 7.28. The highest BCUT2D eigenvalue weighted by Crippen LogP contribution is 2.21. The van der Waals surface area contributed by atoms with Crippen molar-refractivity contribution >= 4 is 22.4 Å². The molecule has 0 unspecified atom stereocenters. The van der Waals surface area contributed by atoms with Gasteiger partial charge in [0.2, 0.25) is 0 Å². The first-order valence-corrected chi connectivity index (χ1v) is 8.93. The van der Waals surface area contributed by atoms with E-state index in [-0.39, 0.29) is 10.6 Å². The van der Waals surface area contributed by atoms with Crippen molar-refractivity contribution in [1.82, 2.24) is 0 Å². The van der Waals surface area contributed by atoms with E-state index >= 15 is 0 Å². The van der Waals surface area contributed by atoms with Crippen LogP contribution in [0.1, 0.15) is 11.1 Å². The van der Waals surface area contributed by atoms with Gasteiger partial charge in [0, 0.05) is 6.61 Å². The number of hydrogen-bond donors (Lipinski definition) is 1. The maximum Gasteiger partial charge on any atom is 0.491 e. The maximum absolute atomic E-state index is 12.6. The van der Waals surface area contributed by atoms with Crippen molar-refractivity contribution < 1.29 is 22.8 Å². The smallest absolute Gasteiger partial charge is 0.491 e. The molecule has 0 saturated heterocycles. The van der Waals surface area contributed by atoms with Gasteiger partial charge in [0.25, 0.3) is 0 Å². The standard InChI is InChI=1S/C16H17BO5S/c1-21-14-3-2-4-15(10-14)23(19,20)11-12-5-6-13-7-8-22-17(18)16(13)9-12/h2-6,9-10,18H,7-8,11H2,1H3. The molecule has 1 aliphatic heterocycles. The molecule has 1 heterocycles. The van der Waals surface area contributed by atoms with E-state index in [0.717, 1.165) is 12.0 Å². The zero-order chi connectivity index (χ0) is 16.4. The summed E-state index contributed by atoms with van der Waals surface area (Å²) >= 11 is 0. The van der Waals surface area contributed by atoms with Crippen molar-refractivity contribution in [1.29, 1.82) is 0 Å². The van der Waals surface area contributed by atoms with Crippen LogP contribution in [-0.2, 0) is 26.7 Å². The van der Waals surface area contributed by atoms with E-state index in [1.54, 1.807) is 30.3 Å². The Bertz CT molecular complexity index is 819. The first kappa shape index (κ1) is 16.0. The van der Waals surface area contributed by atoms with Crippen molar-refractivity contribution in [3.63, 3.8) is 0 Å². The molecule has 120 valence electrons. The van der Waals surface area contributed by atoms with Crippen LogP contribution in [0.25, 0.3) is 0 Å². The summed E-state index contributed by atoms with van der Waals surface area (Å²) in [6, 6.07) is 11.8. The number of ether oxygens (including phenoxy) is 1. The fourth-order valence-corrected chi connectivity index (χ4v) is 4.03. The molecule has 7 heteroatoms. The van der Waals surface area contributed by atoms with Crippen LogP contribution in [-0.4, -0.2) is 34.3 Å². The lowest BCUT2D eigenvalue weighted by atomic mass is 9.73. The zero-order valence-electron chi connectivity index (χ0n) is 12.7. The SMILES string of the molecule is COc1cccc(S(=O)(=O)Cc2ccc3c(c2)B(O)OCC3)c1. The quantitative estimate of drug-likeness (QED) is 0.844. The number of benzene rings is 2. The number of hydrogen-bond acceptors (Lipinski definition) is 5. The lowest BCUT2D eigenvalue weighted by Gasteiger charge is -2.19. The van der Waals surface area contributed by atoms with Crippen LogP contribution >= 0.6 is 0 Å². The third kappa shape index (κ3) is 3.42. The number of rotatable bonds is 4. The minimum absolute atomic E-state index is 0.139. The molecule has 2 aromatic rings. The summed E-state index contributed by atoms with van der Waals surface area (Å²) in [6.45, 7) is 0.468. The summed E-state index contributed by atoms with van der Waals surface area (Å²) in [5.74, 6) is 0.362. The first-order chi connectivity index (χ1) is 11.0. The zero-order valence-corrected chi connectivity index (χ0v) is 13.5. The Morgan fingerprint density at radius 1 is 1.26 bits per heavy atom. The van der Waals surface area contributed by atoms with Crippen LogP contribution in [0.3, 0.4) is 0 Å². The fraction of sp³-hybridized carbons (Fsp3) is 0.250. The van der Waals surface area contributed by atoms with Crippen molar-refractivity contribution in [2.45, 2.75) is 17.1 Å². The molecular formula is C16H17BO5S. The Kier molecular flexibility index (Phi) is 4.43. The lowest BCUT2D eigenvalue weighted by molar-refractivity contribution is 0.266. The van der Waals surface area contributed by atoms with Gasteiger partial charge in [-0.25, -0.2) is 8.42 Å². The van der Waals surface area contributed by atoms with Crippen LogP contribution in [0.4, 0.5) is 0 Å². The van der Waals surface area contributed by atoms with Gasteiger partial charge in [-0.3, -0.25) is 0 Å². The Morgan fingerprint density at radius 3 is 2.87 bits per heavy atom. The minimum atomic E-state index is -3.49. The summed E-state index contributed by atoms with van der Waals surface area (Å²) in [5, 5.41) is 9.88. The van der Waals surface area contributed by atoms with E-state index in [4.69, 9.17) is 9.39 Å². The Hall–Kier alpha value is -1.83. The van der Waals surface area contributed by atoms with E-state index in [1.807, 2.05) is 6.07 Å². The second kappa shape index (κ2) is 6.35. The number of fused-ring (bicyclic) bond motifs is 1. The number of methoxy groups -OCH3 is 1. The largest absolute Gasteiger partial charge is 0.497 e. The monoisotopic (exact) mass is 332 g/mol. The van der Waals surface area contributed by atoms with Gasteiger partial charge in [-0.15, -0.1) is 0 Å². The van der Waals surface area contributed by atoms with E-state index in [1.165, 1.54) is 13.2 Å². The Morgan fingerprint density at radius 2 is 2.09 bits per heavy atom. The molecule has 0 fully saturated rings. The molecule has 0 aromatic heterocycles. The molecule has 3 rings (SSSR count). The maximum atomic E-state index is 12.6. The van der Waals surface area contributed by atoms with Crippen LogP contribution in [0.2, 0.25) is 0 Å². The summed E-state index contributed by atoms with van der Waals surface area (Å²) in [4.78, 5) is 0.214. The highest BCUT2D eigenvalue weighted by atomic mass is 32.2. The average Bonchev–Trinajstić information content (AvgIpc) is 2.55. The van der Waals surface area contributed by atoms with E-state index < -0.39 is 17.0 Å². The van der Waals surface area contributed by atoms with Crippen molar-refractivity contribution in [2.24, 2.45) is 0 Å². The fourth-order valence-electron chi connectivity index (χ4n) is 2.66. The van der Waals surface area contributed by atoms with E-state index in [0.29, 0.717) is 23.4 Å². The molecule has 0 amide bonds. The molecule has 23 heavy (non-hydrogen) atoms. The van der Waals surface area contributed by atoms with Crippen molar-refractivity contribution in [2.75, 3.05) is 13.7 Å². The van der Waals surface area contributed by atoms with E-state index in [2.05, 4.69) is 0 Å². The van der Waals surface area contributed by atoms with Crippen LogP contribution in [0.15, 0.2) is 47.4 Å². The molecule has 1 aliphatic rings. The molecule has 2 aromatic carbocycles. The van der Waals surface area contributed by atoms with Gasteiger partial charge in [-0.1, -0.05) is 24.3 Å². The normalized spacial score (nSPS) is 14.4. The topological polar surface area (TPSA) is 72.8 Å². The van der Waals surface area contributed by atoms with Gasteiger partial charge < -0.3 is 14.4 Å². The van der Waals surface area contributed by atoms with Crippen LogP contribution < -0.4 is 10.2 Å². The van der Waals surface area contributed by atoms with Gasteiger partial charge in [0.1, 0.15) is 5.75 Å². The summed E-state index contributed by atoms with van der Waals surface area (Å²) in [6.07, 6.45) is 0.718. The van der Waals surface area contributed by atoms with Gasteiger partial charge in [0.15, 0.2) is 9.84 Å². The average molecular weight is 332 g/mol. The van der Waals surface area contributed by atoms with Crippen LogP contribution in [0.5, 0.6) is 5.75 Å². The highest BCUT2D eigenvalue weighted by Gasteiger charge is 2.25. The number of sulfone groups is 1. The third-order valence-corrected chi connectivity index (χ3v) is 5.57. The van der Waals surface area contributed by atoms with Gasteiger partial charge in [-0.05, 0) is 41.2 Å².